The van der Waals surface area contributed by atoms with Gasteiger partial charge in [-0.3, -0.25) is 0 Å². The van der Waals surface area contributed by atoms with Gasteiger partial charge in [0.2, 0.25) is 0 Å². The quantitative estimate of drug-likeness (QED) is 0.835. The number of imidazole rings is 1. The molecule has 2 saturated heterocycles. The Morgan fingerprint density at radius 3 is 2.94 bits per heavy atom. The fourth-order valence-corrected chi connectivity index (χ4v) is 2.66. The third-order valence-corrected chi connectivity index (χ3v) is 3.73. The smallest absolute Gasteiger partial charge is 0.108 e. The predicted octanol–water partition coefficient (Wildman–Crippen LogP) is 0.835. The van der Waals surface area contributed by atoms with E-state index in [1.54, 1.807) is 0 Å². The van der Waals surface area contributed by atoms with E-state index >= 15 is 0 Å². The molecule has 0 aromatic carbocycles. The van der Waals surface area contributed by atoms with Gasteiger partial charge in [0.05, 0.1) is 12.7 Å². The molecular formula is C13H21N3O2. The van der Waals surface area contributed by atoms with E-state index in [1.165, 1.54) is 5.69 Å². The second-order valence-electron chi connectivity index (χ2n) is 5.07. The van der Waals surface area contributed by atoms with Crippen LogP contribution in [-0.2, 0) is 15.9 Å². The topological polar surface area (TPSA) is 59.2 Å². The molecule has 3 rings (SSSR count). The van der Waals surface area contributed by atoms with Gasteiger partial charge in [-0.1, -0.05) is 0 Å². The molecule has 0 spiro atoms. The third-order valence-electron chi connectivity index (χ3n) is 3.73. The van der Waals surface area contributed by atoms with Crippen molar-refractivity contribution in [3.05, 3.63) is 17.7 Å². The van der Waals surface area contributed by atoms with Crippen LogP contribution in [-0.4, -0.2) is 49.0 Å². The molecule has 2 N–H and O–H groups in total. The Morgan fingerprint density at radius 2 is 2.17 bits per heavy atom. The number of nitrogens with zero attached hydrogens (tertiary/aromatic N) is 1. The van der Waals surface area contributed by atoms with Gasteiger partial charge < -0.3 is 19.8 Å². The zero-order valence-electron chi connectivity index (χ0n) is 10.7. The highest BCUT2D eigenvalue weighted by Gasteiger charge is 2.20. The van der Waals surface area contributed by atoms with Gasteiger partial charge in [-0.2, -0.15) is 0 Å². The molecule has 5 nitrogen and oxygen atoms in total. The average molecular weight is 251 g/mol. The first-order valence-corrected chi connectivity index (χ1v) is 6.85. The number of hydrogen-bond donors (Lipinski definition) is 2. The van der Waals surface area contributed by atoms with Crippen molar-refractivity contribution in [1.29, 1.82) is 0 Å². The van der Waals surface area contributed by atoms with E-state index in [4.69, 9.17) is 9.47 Å². The van der Waals surface area contributed by atoms with Gasteiger partial charge in [-0.25, -0.2) is 4.98 Å². The monoisotopic (exact) mass is 251 g/mol. The van der Waals surface area contributed by atoms with Crippen molar-refractivity contribution in [2.45, 2.75) is 31.3 Å². The molecule has 18 heavy (non-hydrogen) atoms. The molecule has 3 heterocycles. The van der Waals surface area contributed by atoms with Gasteiger partial charge in [0.1, 0.15) is 5.82 Å². The minimum Gasteiger partial charge on any atom is -0.381 e. The van der Waals surface area contributed by atoms with Gasteiger partial charge >= 0.3 is 0 Å². The van der Waals surface area contributed by atoms with E-state index in [1.807, 2.05) is 6.20 Å². The Kier molecular flexibility index (Phi) is 3.93. The van der Waals surface area contributed by atoms with Crippen LogP contribution in [0.2, 0.25) is 0 Å². The number of rotatable bonds is 3. The Morgan fingerprint density at radius 1 is 1.28 bits per heavy atom. The molecule has 1 aromatic heterocycles. The first-order valence-electron chi connectivity index (χ1n) is 6.85. The first kappa shape index (κ1) is 12.1. The fourth-order valence-electron chi connectivity index (χ4n) is 2.66. The average Bonchev–Trinajstić information content (AvgIpc) is 2.89. The van der Waals surface area contributed by atoms with Crippen molar-refractivity contribution in [2.75, 3.05) is 32.9 Å². The number of aromatic nitrogens is 2. The Labute approximate surface area is 107 Å². The summed E-state index contributed by atoms with van der Waals surface area (Å²) < 4.78 is 11.1. The summed E-state index contributed by atoms with van der Waals surface area (Å²) in [5.41, 5.74) is 1.26. The standard InChI is InChI=1S/C13H21N3O2/c1-4-17-5-2-10(1)12-9-15-13(16-12)7-11-8-14-3-6-18-11/h9-11,14H,1-8H2,(H,15,16). The molecule has 100 valence electrons. The first-order chi connectivity index (χ1) is 8.92. The predicted molar refractivity (Wildman–Crippen MR) is 67.7 cm³/mol. The van der Waals surface area contributed by atoms with E-state index < -0.39 is 0 Å². The molecule has 5 heteroatoms. The molecule has 1 unspecified atom stereocenters. The Balaban J connectivity index is 1.58. The van der Waals surface area contributed by atoms with Gasteiger partial charge in [0.15, 0.2) is 0 Å². The van der Waals surface area contributed by atoms with Crippen LogP contribution in [0.1, 0.15) is 30.3 Å². The summed E-state index contributed by atoms with van der Waals surface area (Å²) in [6.07, 6.45) is 5.32. The minimum atomic E-state index is 0.257. The van der Waals surface area contributed by atoms with Crippen molar-refractivity contribution >= 4 is 0 Å². The molecule has 2 aliphatic heterocycles. The molecule has 1 atom stereocenters. The maximum absolute atomic E-state index is 5.69. The highest BCUT2D eigenvalue weighted by molar-refractivity contribution is 5.09. The largest absolute Gasteiger partial charge is 0.381 e. The number of aromatic amines is 1. The summed E-state index contributed by atoms with van der Waals surface area (Å²) in [6, 6.07) is 0. The highest BCUT2D eigenvalue weighted by Crippen LogP contribution is 2.25. The summed E-state index contributed by atoms with van der Waals surface area (Å²) in [6.45, 7) is 4.43. The fraction of sp³-hybridized carbons (Fsp3) is 0.769. The van der Waals surface area contributed by atoms with Crippen LogP contribution in [0, 0.1) is 0 Å². The third kappa shape index (κ3) is 2.91. The maximum atomic E-state index is 5.69. The minimum absolute atomic E-state index is 0.257. The van der Waals surface area contributed by atoms with Crippen molar-refractivity contribution in [1.82, 2.24) is 15.3 Å². The molecule has 1 aromatic rings. The number of nitrogens with one attached hydrogen (secondary N) is 2. The van der Waals surface area contributed by atoms with Crippen LogP contribution in [0.4, 0.5) is 0 Å². The zero-order chi connectivity index (χ0) is 12.2. The number of ether oxygens (including phenoxy) is 2. The molecule has 0 amide bonds. The lowest BCUT2D eigenvalue weighted by molar-refractivity contribution is 0.0281. The number of hydrogen-bond acceptors (Lipinski definition) is 4. The van der Waals surface area contributed by atoms with Crippen LogP contribution in [0.5, 0.6) is 0 Å². The van der Waals surface area contributed by atoms with Gasteiger partial charge in [0.25, 0.3) is 0 Å². The summed E-state index contributed by atoms with van der Waals surface area (Å²) in [7, 11) is 0. The molecule has 0 aliphatic carbocycles. The maximum Gasteiger partial charge on any atom is 0.108 e. The molecule has 0 saturated carbocycles. The molecule has 2 fully saturated rings. The van der Waals surface area contributed by atoms with Crippen molar-refractivity contribution in [3.8, 4) is 0 Å². The van der Waals surface area contributed by atoms with Crippen LogP contribution in [0.25, 0.3) is 0 Å². The van der Waals surface area contributed by atoms with Crippen LogP contribution < -0.4 is 5.32 Å². The van der Waals surface area contributed by atoms with E-state index in [-0.39, 0.29) is 6.10 Å². The van der Waals surface area contributed by atoms with Crippen molar-refractivity contribution in [3.63, 3.8) is 0 Å². The number of H-pyrrole nitrogens is 1. The molecule has 0 bridgehead atoms. The van der Waals surface area contributed by atoms with Crippen LogP contribution in [0.15, 0.2) is 6.20 Å². The van der Waals surface area contributed by atoms with Gasteiger partial charge in [-0.15, -0.1) is 0 Å². The second kappa shape index (κ2) is 5.82. The van der Waals surface area contributed by atoms with Gasteiger partial charge in [0, 0.05) is 50.5 Å². The summed E-state index contributed by atoms with van der Waals surface area (Å²) >= 11 is 0. The summed E-state index contributed by atoms with van der Waals surface area (Å²) in [5, 5.41) is 3.34. The summed E-state index contributed by atoms with van der Waals surface area (Å²) in [5.74, 6) is 1.63. The normalized spacial score (nSPS) is 26.3. The lowest BCUT2D eigenvalue weighted by atomic mass is 9.97. The Hall–Kier alpha value is -0.910. The SMILES string of the molecule is c1nc(CC2CNCCO2)[nH]c1C1CCOCC1. The van der Waals surface area contributed by atoms with Gasteiger partial charge in [-0.05, 0) is 12.8 Å². The lowest BCUT2D eigenvalue weighted by Gasteiger charge is -2.23. The molecular weight excluding hydrogens is 230 g/mol. The van der Waals surface area contributed by atoms with Crippen molar-refractivity contribution in [2.24, 2.45) is 0 Å². The lowest BCUT2D eigenvalue weighted by Crippen LogP contribution is -2.39. The Bertz CT molecular complexity index is 368. The van der Waals surface area contributed by atoms with Crippen LogP contribution >= 0.6 is 0 Å². The van der Waals surface area contributed by atoms with E-state index in [9.17, 15) is 0 Å². The van der Waals surface area contributed by atoms with Crippen molar-refractivity contribution < 1.29 is 9.47 Å². The number of morpholine rings is 1. The summed E-state index contributed by atoms with van der Waals surface area (Å²) in [4.78, 5) is 7.94. The second-order valence-corrected chi connectivity index (χ2v) is 5.07. The zero-order valence-corrected chi connectivity index (χ0v) is 10.7. The van der Waals surface area contributed by atoms with E-state index in [2.05, 4.69) is 15.3 Å². The van der Waals surface area contributed by atoms with E-state index in [0.717, 1.165) is 58.0 Å². The van der Waals surface area contributed by atoms with E-state index in [0.29, 0.717) is 5.92 Å². The van der Waals surface area contributed by atoms with Crippen LogP contribution in [0.3, 0.4) is 0 Å². The highest BCUT2D eigenvalue weighted by atomic mass is 16.5. The molecule has 0 radical (unpaired) electrons. The molecule has 2 aliphatic rings.